The highest BCUT2D eigenvalue weighted by atomic mass is 32.1. The van der Waals surface area contributed by atoms with E-state index in [0.29, 0.717) is 0 Å². The number of aryl methyl sites for hydroxylation is 2. The van der Waals surface area contributed by atoms with Crippen molar-refractivity contribution in [1.29, 1.82) is 0 Å². The lowest BCUT2D eigenvalue weighted by atomic mass is 10.1. The summed E-state index contributed by atoms with van der Waals surface area (Å²) >= 11 is 1.80. The predicted molar refractivity (Wildman–Crippen MR) is 63.3 cm³/mol. The first-order chi connectivity index (χ1) is 6.54. The quantitative estimate of drug-likeness (QED) is 0.457. The van der Waals surface area contributed by atoms with Gasteiger partial charge in [0.1, 0.15) is 0 Å². The van der Waals surface area contributed by atoms with Crippen molar-refractivity contribution in [3.05, 3.63) is 33.0 Å². The van der Waals surface area contributed by atoms with Crippen molar-refractivity contribution >= 4 is 11.3 Å². The third-order valence-corrected chi connectivity index (χ3v) is 3.41. The van der Waals surface area contributed by atoms with Crippen molar-refractivity contribution in [1.82, 2.24) is 5.43 Å². The zero-order valence-corrected chi connectivity index (χ0v) is 10.0. The topological polar surface area (TPSA) is 38.0 Å². The van der Waals surface area contributed by atoms with Crippen LogP contribution >= 0.6 is 11.3 Å². The molecule has 0 radical (unpaired) electrons. The highest BCUT2D eigenvalue weighted by Gasteiger charge is 2.10. The Morgan fingerprint density at radius 2 is 2.14 bits per heavy atom. The highest BCUT2D eigenvalue weighted by molar-refractivity contribution is 7.12. The van der Waals surface area contributed by atoms with E-state index in [2.05, 4.69) is 45.3 Å². The zero-order valence-electron chi connectivity index (χ0n) is 9.22. The second-order valence-electron chi connectivity index (χ2n) is 3.78. The summed E-state index contributed by atoms with van der Waals surface area (Å²) in [6.07, 6.45) is 2.14. The van der Waals surface area contributed by atoms with E-state index < -0.39 is 0 Å². The van der Waals surface area contributed by atoms with E-state index in [1.807, 2.05) is 0 Å². The molecule has 14 heavy (non-hydrogen) atoms. The molecule has 1 aromatic rings. The maximum atomic E-state index is 5.52. The number of nitrogens with one attached hydrogen (secondary N) is 1. The molecular formula is C11H18N2S. The normalized spacial score (nSPS) is 12.6. The Bertz CT molecular complexity index is 316. The van der Waals surface area contributed by atoms with Gasteiger partial charge < -0.3 is 0 Å². The number of hydrogen-bond donors (Lipinski definition) is 2. The maximum absolute atomic E-state index is 5.52. The van der Waals surface area contributed by atoms with Crippen LogP contribution in [-0.4, -0.2) is 0 Å². The van der Waals surface area contributed by atoms with Gasteiger partial charge in [0.2, 0.25) is 0 Å². The van der Waals surface area contributed by atoms with Crippen LogP contribution in [0.25, 0.3) is 0 Å². The minimum absolute atomic E-state index is 0.150. The first-order valence-corrected chi connectivity index (χ1v) is 5.54. The van der Waals surface area contributed by atoms with Gasteiger partial charge in [-0.1, -0.05) is 11.6 Å². The van der Waals surface area contributed by atoms with Crippen LogP contribution in [0.2, 0.25) is 0 Å². The average molecular weight is 210 g/mol. The largest absolute Gasteiger partial charge is 0.271 e. The minimum Gasteiger partial charge on any atom is -0.271 e. The molecule has 1 atom stereocenters. The first-order valence-electron chi connectivity index (χ1n) is 4.72. The molecule has 1 unspecified atom stereocenters. The van der Waals surface area contributed by atoms with Gasteiger partial charge in [0.05, 0.1) is 6.04 Å². The van der Waals surface area contributed by atoms with Crippen LogP contribution in [0.1, 0.15) is 35.2 Å². The molecule has 0 aliphatic carbocycles. The van der Waals surface area contributed by atoms with Gasteiger partial charge in [0.25, 0.3) is 0 Å². The molecule has 0 fully saturated rings. The zero-order chi connectivity index (χ0) is 10.7. The molecule has 0 bridgehead atoms. The highest BCUT2D eigenvalue weighted by Crippen LogP contribution is 2.27. The number of rotatable bonds is 3. The van der Waals surface area contributed by atoms with E-state index in [4.69, 9.17) is 5.84 Å². The van der Waals surface area contributed by atoms with Crippen molar-refractivity contribution in [3.8, 4) is 0 Å². The molecule has 3 N–H and O–H groups in total. The molecule has 1 rings (SSSR count). The molecule has 1 aromatic heterocycles. The van der Waals surface area contributed by atoms with Gasteiger partial charge in [-0.25, -0.2) is 5.43 Å². The summed E-state index contributed by atoms with van der Waals surface area (Å²) in [5.41, 5.74) is 5.44. The van der Waals surface area contributed by atoms with Crippen LogP contribution in [0.5, 0.6) is 0 Å². The number of hydrazine groups is 1. The second-order valence-corrected chi connectivity index (χ2v) is 5.06. The Hall–Kier alpha value is -0.640. The first kappa shape index (κ1) is 11.4. The van der Waals surface area contributed by atoms with E-state index in [-0.39, 0.29) is 6.04 Å². The number of nitrogens with two attached hydrogens (primary N) is 1. The molecular weight excluding hydrogens is 192 g/mol. The average Bonchev–Trinajstić information content (AvgIpc) is 2.42. The molecule has 1 heterocycles. The second kappa shape index (κ2) is 4.73. The van der Waals surface area contributed by atoms with Crippen LogP contribution in [0.4, 0.5) is 0 Å². The van der Waals surface area contributed by atoms with E-state index in [1.165, 1.54) is 20.9 Å². The Balaban J connectivity index is 2.95. The van der Waals surface area contributed by atoms with Gasteiger partial charge >= 0.3 is 0 Å². The monoisotopic (exact) mass is 210 g/mol. The fourth-order valence-corrected chi connectivity index (χ4v) is 2.37. The summed E-state index contributed by atoms with van der Waals surface area (Å²) in [7, 11) is 0. The van der Waals surface area contributed by atoms with E-state index in [1.54, 1.807) is 11.3 Å². The molecule has 3 heteroatoms. The molecule has 0 aliphatic heterocycles. The van der Waals surface area contributed by atoms with Crippen LogP contribution in [0.3, 0.4) is 0 Å². The summed E-state index contributed by atoms with van der Waals surface area (Å²) in [5.74, 6) is 5.52. The Morgan fingerprint density at radius 3 is 2.50 bits per heavy atom. The van der Waals surface area contributed by atoms with Crippen LogP contribution in [0.15, 0.2) is 17.7 Å². The fraction of sp³-hybridized carbons (Fsp3) is 0.455. The standard InChI is InChI=1S/C11H18N2S/c1-7(2)5-10(13-12)11-6-8(3)9(4)14-11/h5-6,10,13H,12H2,1-4H3. The van der Waals surface area contributed by atoms with E-state index in [9.17, 15) is 0 Å². The van der Waals surface area contributed by atoms with E-state index >= 15 is 0 Å². The third kappa shape index (κ3) is 2.67. The molecule has 0 saturated carbocycles. The molecule has 0 spiro atoms. The van der Waals surface area contributed by atoms with E-state index in [0.717, 1.165) is 0 Å². The van der Waals surface area contributed by atoms with Crippen molar-refractivity contribution in [2.45, 2.75) is 33.7 Å². The van der Waals surface area contributed by atoms with Crippen molar-refractivity contribution in [2.75, 3.05) is 0 Å². The summed E-state index contributed by atoms with van der Waals surface area (Å²) in [5, 5.41) is 0. The molecule has 0 aromatic carbocycles. The van der Waals surface area contributed by atoms with Gasteiger partial charge in [-0.15, -0.1) is 11.3 Å². The smallest absolute Gasteiger partial charge is 0.0736 e. The third-order valence-electron chi connectivity index (χ3n) is 2.17. The lowest BCUT2D eigenvalue weighted by molar-refractivity contribution is 0.661. The van der Waals surface area contributed by atoms with Gasteiger partial charge in [-0.3, -0.25) is 5.84 Å². The van der Waals surface area contributed by atoms with Gasteiger partial charge in [-0.05, 0) is 39.3 Å². The lowest BCUT2D eigenvalue weighted by Gasteiger charge is -2.09. The van der Waals surface area contributed by atoms with Crippen LogP contribution in [-0.2, 0) is 0 Å². The number of allylic oxidation sites excluding steroid dienone is 1. The molecule has 0 saturated heterocycles. The van der Waals surface area contributed by atoms with Crippen molar-refractivity contribution in [3.63, 3.8) is 0 Å². The molecule has 0 aliphatic rings. The van der Waals surface area contributed by atoms with Crippen LogP contribution in [0, 0.1) is 13.8 Å². The van der Waals surface area contributed by atoms with Crippen molar-refractivity contribution in [2.24, 2.45) is 5.84 Å². The molecule has 78 valence electrons. The van der Waals surface area contributed by atoms with Crippen molar-refractivity contribution < 1.29 is 0 Å². The summed E-state index contributed by atoms with van der Waals surface area (Å²) in [6.45, 7) is 8.43. The van der Waals surface area contributed by atoms with Crippen LogP contribution < -0.4 is 11.3 Å². The lowest BCUT2D eigenvalue weighted by Crippen LogP contribution is -2.26. The Labute approximate surface area is 89.8 Å². The maximum Gasteiger partial charge on any atom is 0.0736 e. The number of thiophene rings is 1. The minimum atomic E-state index is 0.150. The Kier molecular flexibility index (Phi) is 3.86. The van der Waals surface area contributed by atoms with Gasteiger partial charge in [-0.2, -0.15) is 0 Å². The SMILES string of the molecule is CC(C)=CC(NN)c1cc(C)c(C)s1. The molecule has 2 nitrogen and oxygen atoms in total. The fourth-order valence-electron chi connectivity index (χ4n) is 1.30. The Morgan fingerprint density at radius 1 is 1.50 bits per heavy atom. The molecule has 0 amide bonds. The predicted octanol–water partition coefficient (Wildman–Crippen LogP) is 2.84. The summed E-state index contributed by atoms with van der Waals surface area (Å²) in [6, 6.07) is 2.35. The van der Waals surface area contributed by atoms with Gasteiger partial charge in [0.15, 0.2) is 0 Å². The summed E-state index contributed by atoms with van der Waals surface area (Å²) < 4.78 is 0. The van der Waals surface area contributed by atoms with Gasteiger partial charge in [0, 0.05) is 9.75 Å². The number of hydrogen-bond acceptors (Lipinski definition) is 3. The summed E-state index contributed by atoms with van der Waals surface area (Å²) in [4.78, 5) is 2.64.